The van der Waals surface area contributed by atoms with Gasteiger partial charge in [0.25, 0.3) is 11.8 Å². The second-order valence-electron chi connectivity index (χ2n) is 5.33. The molecule has 0 unspecified atom stereocenters. The lowest BCUT2D eigenvalue weighted by molar-refractivity contribution is 0.0944. The lowest BCUT2D eigenvalue weighted by atomic mass is 10.0. The highest BCUT2D eigenvalue weighted by Crippen LogP contribution is 2.15. The van der Waals surface area contributed by atoms with Gasteiger partial charge >= 0.3 is 0 Å². The van der Waals surface area contributed by atoms with Gasteiger partial charge in [-0.3, -0.25) is 9.59 Å². The first kappa shape index (κ1) is 16.7. The molecular formula is C18H20N2O3. The van der Waals surface area contributed by atoms with Crippen molar-refractivity contribution in [1.29, 1.82) is 0 Å². The number of rotatable bonds is 5. The molecule has 5 nitrogen and oxygen atoms in total. The molecule has 0 heterocycles. The monoisotopic (exact) mass is 312 g/mol. The lowest BCUT2D eigenvalue weighted by Gasteiger charge is -2.09. The molecule has 0 fully saturated rings. The zero-order valence-corrected chi connectivity index (χ0v) is 13.2. The number of hydrogen-bond donors (Lipinski definition) is 3. The van der Waals surface area contributed by atoms with Gasteiger partial charge in [0.15, 0.2) is 0 Å². The number of aryl methyl sites for hydroxylation is 2. The number of benzene rings is 2. The van der Waals surface area contributed by atoms with Gasteiger partial charge in [-0.1, -0.05) is 17.7 Å². The van der Waals surface area contributed by atoms with Gasteiger partial charge < -0.3 is 15.7 Å². The Kier molecular flexibility index (Phi) is 5.49. The van der Waals surface area contributed by atoms with Gasteiger partial charge in [0.05, 0.1) is 6.61 Å². The Morgan fingerprint density at radius 1 is 1.00 bits per heavy atom. The van der Waals surface area contributed by atoms with E-state index in [1.807, 2.05) is 32.0 Å². The third-order valence-corrected chi connectivity index (χ3v) is 3.44. The number of amides is 2. The summed E-state index contributed by atoms with van der Waals surface area (Å²) in [6, 6.07) is 12.3. The van der Waals surface area contributed by atoms with Crippen LogP contribution in [0, 0.1) is 13.8 Å². The van der Waals surface area contributed by atoms with Crippen LogP contribution in [0.1, 0.15) is 31.8 Å². The summed E-state index contributed by atoms with van der Waals surface area (Å²) in [5, 5.41) is 14.1. The molecule has 2 rings (SSSR count). The summed E-state index contributed by atoms with van der Waals surface area (Å²) in [4.78, 5) is 24.1. The minimum absolute atomic E-state index is 0.101. The second kappa shape index (κ2) is 7.56. The van der Waals surface area contributed by atoms with Gasteiger partial charge in [-0.05, 0) is 49.7 Å². The van der Waals surface area contributed by atoms with Crippen LogP contribution in [0.3, 0.4) is 0 Å². The van der Waals surface area contributed by atoms with Gasteiger partial charge in [-0.25, -0.2) is 0 Å². The molecule has 0 aliphatic heterocycles. The summed E-state index contributed by atoms with van der Waals surface area (Å²) in [5.41, 5.74) is 3.66. The maximum Gasteiger partial charge on any atom is 0.255 e. The van der Waals surface area contributed by atoms with Crippen LogP contribution in [-0.2, 0) is 0 Å². The van der Waals surface area contributed by atoms with E-state index in [2.05, 4.69) is 10.6 Å². The van der Waals surface area contributed by atoms with Crippen molar-refractivity contribution in [1.82, 2.24) is 5.32 Å². The minimum atomic E-state index is -0.258. The largest absolute Gasteiger partial charge is 0.395 e. The van der Waals surface area contributed by atoms with Crippen LogP contribution in [0.4, 0.5) is 5.69 Å². The van der Waals surface area contributed by atoms with Crippen LogP contribution < -0.4 is 10.6 Å². The predicted octanol–water partition coefficient (Wildman–Crippen LogP) is 2.28. The summed E-state index contributed by atoms with van der Waals surface area (Å²) in [6.45, 7) is 3.94. The molecule has 0 spiro atoms. The maximum absolute atomic E-state index is 12.3. The van der Waals surface area contributed by atoms with E-state index in [1.54, 1.807) is 24.3 Å². The van der Waals surface area contributed by atoms with Gasteiger partial charge in [-0.15, -0.1) is 0 Å². The topological polar surface area (TPSA) is 78.4 Å². The van der Waals surface area contributed by atoms with E-state index in [0.29, 0.717) is 16.8 Å². The van der Waals surface area contributed by atoms with Crippen LogP contribution >= 0.6 is 0 Å². The van der Waals surface area contributed by atoms with Crippen molar-refractivity contribution in [2.45, 2.75) is 13.8 Å². The third kappa shape index (κ3) is 4.40. The number of aliphatic hydroxyl groups is 1. The molecule has 3 N–H and O–H groups in total. The molecule has 0 radical (unpaired) electrons. The van der Waals surface area contributed by atoms with E-state index < -0.39 is 0 Å². The second-order valence-corrected chi connectivity index (χ2v) is 5.33. The number of carbonyl (C=O) groups is 2. The number of nitrogens with one attached hydrogen (secondary N) is 2. The molecule has 120 valence electrons. The molecular weight excluding hydrogens is 292 g/mol. The highest BCUT2D eigenvalue weighted by Gasteiger charge is 2.10. The normalized spacial score (nSPS) is 10.2. The smallest absolute Gasteiger partial charge is 0.255 e. The fraction of sp³-hybridized carbons (Fsp3) is 0.222. The van der Waals surface area contributed by atoms with E-state index in [1.165, 1.54) is 0 Å². The number of carbonyl (C=O) groups excluding carboxylic acids is 2. The Labute approximate surface area is 135 Å². The van der Waals surface area contributed by atoms with Crippen molar-refractivity contribution in [3.63, 3.8) is 0 Å². The maximum atomic E-state index is 12.3. The lowest BCUT2D eigenvalue weighted by Crippen LogP contribution is -2.26. The molecule has 0 saturated carbocycles. The number of aliphatic hydroxyl groups excluding tert-OH is 1. The molecule has 0 atom stereocenters. The van der Waals surface area contributed by atoms with Crippen molar-refractivity contribution in [3.05, 3.63) is 64.7 Å². The van der Waals surface area contributed by atoms with E-state index >= 15 is 0 Å². The van der Waals surface area contributed by atoms with E-state index in [0.717, 1.165) is 11.1 Å². The predicted molar refractivity (Wildman–Crippen MR) is 89.7 cm³/mol. The molecule has 0 aliphatic rings. The molecule has 2 aromatic carbocycles. The van der Waals surface area contributed by atoms with E-state index in [-0.39, 0.29) is 25.0 Å². The zero-order valence-electron chi connectivity index (χ0n) is 13.2. The third-order valence-electron chi connectivity index (χ3n) is 3.44. The first-order valence-corrected chi connectivity index (χ1v) is 7.39. The molecule has 0 aliphatic carbocycles. The number of hydrogen-bond acceptors (Lipinski definition) is 3. The van der Waals surface area contributed by atoms with Gasteiger partial charge in [0, 0.05) is 23.4 Å². The van der Waals surface area contributed by atoms with Crippen LogP contribution in [0.2, 0.25) is 0 Å². The summed E-state index contributed by atoms with van der Waals surface area (Å²) >= 11 is 0. The standard InChI is InChI=1S/C18H20N2O3/c1-12-3-4-13(2)16(11-12)18(23)20-15-7-5-14(6-8-15)17(22)19-9-10-21/h3-8,11,21H,9-10H2,1-2H3,(H,19,22)(H,20,23). The molecule has 2 amide bonds. The average Bonchev–Trinajstić information content (AvgIpc) is 2.55. The Hall–Kier alpha value is -2.66. The first-order valence-electron chi connectivity index (χ1n) is 7.39. The Balaban J connectivity index is 2.07. The van der Waals surface area contributed by atoms with Gasteiger partial charge in [0.1, 0.15) is 0 Å². The fourth-order valence-electron chi connectivity index (χ4n) is 2.16. The summed E-state index contributed by atoms with van der Waals surface area (Å²) in [6.07, 6.45) is 0. The van der Waals surface area contributed by atoms with Crippen molar-refractivity contribution in [2.75, 3.05) is 18.5 Å². The molecule has 0 saturated heterocycles. The van der Waals surface area contributed by atoms with Crippen molar-refractivity contribution < 1.29 is 14.7 Å². The van der Waals surface area contributed by atoms with Crippen LogP contribution in [0.5, 0.6) is 0 Å². The number of anilines is 1. The van der Waals surface area contributed by atoms with Gasteiger partial charge in [0.2, 0.25) is 0 Å². The summed E-state index contributed by atoms with van der Waals surface area (Å²) < 4.78 is 0. The highest BCUT2D eigenvalue weighted by molar-refractivity contribution is 6.05. The summed E-state index contributed by atoms with van der Waals surface area (Å²) in [5.74, 6) is -0.435. The Morgan fingerprint density at radius 3 is 2.35 bits per heavy atom. The molecule has 2 aromatic rings. The van der Waals surface area contributed by atoms with Crippen LogP contribution in [-0.4, -0.2) is 30.1 Å². The van der Waals surface area contributed by atoms with Crippen molar-refractivity contribution in [3.8, 4) is 0 Å². The van der Waals surface area contributed by atoms with E-state index in [4.69, 9.17) is 5.11 Å². The minimum Gasteiger partial charge on any atom is -0.395 e. The SMILES string of the molecule is Cc1ccc(C)c(C(=O)Nc2ccc(C(=O)NCCO)cc2)c1. The van der Waals surface area contributed by atoms with Crippen LogP contribution in [0.15, 0.2) is 42.5 Å². The quantitative estimate of drug-likeness (QED) is 0.792. The Bertz CT molecular complexity index is 709. The zero-order chi connectivity index (χ0) is 16.8. The van der Waals surface area contributed by atoms with Crippen molar-refractivity contribution >= 4 is 17.5 Å². The molecule has 5 heteroatoms. The molecule has 23 heavy (non-hydrogen) atoms. The molecule has 0 bridgehead atoms. The summed E-state index contributed by atoms with van der Waals surface area (Å²) in [7, 11) is 0. The van der Waals surface area contributed by atoms with Crippen molar-refractivity contribution in [2.24, 2.45) is 0 Å². The fourth-order valence-corrected chi connectivity index (χ4v) is 2.16. The van der Waals surface area contributed by atoms with Gasteiger partial charge in [-0.2, -0.15) is 0 Å². The Morgan fingerprint density at radius 2 is 1.70 bits per heavy atom. The highest BCUT2D eigenvalue weighted by atomic mass is 16.3. The first-order chi connectivity index (χ1) is 11.0. The average molecular weight is 312 g/mol. The van der Waals surface area contributed by atoms with E-state index in [9.17, 15) is 9.59 Å². The molecule has 0 aromatic heterocycles. The van der Waals surface area contributed by atoms with Crippen LogP contribution in [0.25, 0.3) is 0 Å².